The summed E-state index contributed by atoms with van der Waals surface area (Å²) >= 11 is 0. The van der Waals surface area contributed by atoms with Gasteiger partial charge in [-0.15, -0.1) is 0 Å². The van der Waals surface area contributed by atoms with E-state index in [1.807, 2.05) is 12.1 Å². The third-order valence-corrected chi connectivity index (χ3v) is 5.73. The smallest absolute Gasteiger partial charge is 0.237 e. The minimum atomic E-state index is -0.138. The minimum absolute atomic E-state index is 0.0994. The zero-order valence-corrected chi connectivity index (χ0v) is 15.7. The SMILES string of the molecule is CCCNC(=O)C1CCC(CNC(=O)C2Cc3ccccc3CN2)CC1. The third-order valence-electron chi connectivity index (χ3n) is 5.73. The standard InChI is InChI=1S/C21H31N3O2/c1-2-11-22-20(25)16-9-7-15(8-10-16)13-24-21(26)19-12-17-5-3-4-6-18(17)14-23-19/h3-6,15-16,19,23H,2,7-14H2,1H3,(H,22,25)(H,24,26). The number of hydrogen-bond donors (Lipinski definition) is 3. The van der Waals surface area contributed by atoms with Crippen molar-refractivity contribution in [2.45, 2.75) is 58.0 Å². The quantitative estimate of drug-likeness (QED) is 0.731. The normalized spacial score (nSPS) is 25.2. The maximum absolute atomic E-state index is 12.5. The van der Waals surface area contributed by atoms with E-state index < -0.39 is 0 Å². The molecule has 2 aliphatic rings. The molecule has 3 rings (SSSR count). The molecular weight excluding hydrogens is 326 g/mol. The highest BCUT2D eigenvalue weighted by molar-refractivity contribution is 5.82. The van der Waals surface area contributed by atoms with Crippen molar-refractivity contribution < 1.29 is 9.59 Å². The third kappa shape index (κ3) is 4.85. The summed E-state index contributed by atoms with van der Waals surface area (Å²) in [6, 6.07) is 8.17. The first kappa shape index (κ1) is 18.9. The Morgan fingerprint density at radius 3 is 2.50 bits per heavy atom. The molecule has 1 aliphatic heterocycles. The Bertz CT molecular complexity index is 623. The van der Waals surface area contributed by atoms with Crippen LogP contribution in [0.4, 0.5) is 0 Å². The number of rotatable bonds is 6. The largest absolute Gasteiger partial charge is 0.356 e. The average molecular weight is 357 g/mol. The first-order valence-electron chi connectivity index (χ1n) is 10.0. The van der Waals surface area contributed by atoms with Crippen LogP contribution in [-0.4, -0.2) is 30.9 Å². The molecule has 26 heavy (non-hydrogen) atoms. The summed E-state index contributed by atoms with van der Waals surface area (Å²) in [6.07, 6.45) is 5.65. The highest BCUT2D eigenvalue weighted by atomic mass is 16.2. The van der Waals surface area contributed by atoms with Gasteiger partial charge in [0.1, 0.15) is 0 Å². The maximum atomic E-state index is 12.5. The van der Waals surface area contributed by atoms with E-state index in [4.69, 9.17) is 0 Å². The molecule has 5 nitrogen and oxygen atoms in total. The molecular formula is C21H31N3O2. The molecule has 0 aromatic heterocycles. The summed E-state index contributed by atoms with van der Waals surface area (Å²) in [4.78, 5) is 24.6. The van der Waals surface area contributed by atoms with Crippen LogP contribution in [0, 0.1) is 11.8 Å². The van der Waals surface area contributed by atoms with Crippen LogP contribution in [0.1, 0.15) is 50.2 Å². The van der Waals surface area contributed by atoms with E-state index >= 15 is 0 Å². The second-order valence-corrected chi connectivity index (χ2v) is 7.66. The van der Waals surface area contributed by atoms with Gasteiger partial charge in [0.05, 0.1) is 6.04 Å². The molecule has 5 heteroatoms. The molecule has 0 saturated heterocycles. The fourth-order valence-electron chi connectivity index (χ4n) is 4.03. The first-order chi connectivity index (χ1) is 12.7. The summed E-state index contributed by atoms with van der Waals surface area (Å²) in [5.74, 6) is 0.955. The zero-order chi connectivity index (χ0) is 18.4. The molecule has 1 saturated carbocycles. The van der Waals surface area contributed by atoms with E-state index in [0.717, 1.165) is 58.2 Å². The van der Waals surface area contributed by atoms with Crippen LogP contribution < -0.4 is 16.0 Å². The highest BCUT2D eigenvalue weighted by Gasteiger charge is 2.28. The summed E-state index contributed by atoms with van der Waals surface area (Å²) in [5.41, 5.74) is 2.56. The van der Waals surface area contributed by atoms with Gasteiger partial charge in [0.2, 0.25) is 11.8 Å². The predicted octanol–water partition coefficient (Wildman–Crippen LogP) is 2.15. The van der Waals surface area contributed by atoms with E-state index in [2.05, 4.69) is 35.0 Å². The van der Waals surface area contributed by atoms with Gasteiger partial charge in [0, 0.05) is 25.6 Å². The van der Waals surface area contributed by atoms with Gasteiger partial charge in [-0.2, -0.15) is 0 Å². The Morgan fingerprint density at radius 2 is 1.77 bits per heavy atom. The van der Waals surface area contributed by atoms with Crippen molar-refractivity contribution in [3.8, 4) is 0 Å². The summed E-state index contributed by atoms with van der Waals surface area (Å²) in [7, 11) is 0. The molecule has 1 fully saturated rings. The van der Waals surface area contributed by atoms with E-state index in [1.165, 1.54) is 11.1 Å². The van der Waals surface area contributed by atoms with Gasteiger partial charge in [-0.05, 0) is 55.6 Å². The molecule has 1 aliphatic carbocycles. The van der Waals surface area contributed by atoms with Crippen LogP contribution >= 0.6 is 0 Å². The number of hydrogen-bond acceptors (Lipinski definition) is 3. The Morgan fingerprint density at radius 1 is 1.04 bits per heavy atom. The fourth-order valence-corrected chi connectivity index (χ4v) is 4.03. The van der Waals surface area contributed by atoms with Crippen molar-refractivity contribution in [3.63, 3.8) is 0 Å². The lowest BCUT2D eigenvalue weighted by Gasteiger charge is -2.29. The predicted molar refractivity (Wildman–Crippen MR) is 103 cm³/mol. The lowest BCUT2D eigenvalue weighted by molar-refractivity contribution is -0.127. The second-order valence-electron chi connectivity index (χ2n) is 7.66. The van der Waals surface area contributed by atoms with Crippen LogP contribution in [0.5, 0.6) is 0 Å². The van der Waals surface area contributed by atoms with Gasteiger partial charge < -0.3 is 16.0 Å². The molecule has 142 valence electrons. The average Bonchev–Trinajstić information content (AvgIpc) is 2.70. The van der Waals surface area contributed by atoms with E-state index in [1.54, 1.807) is 0 Å². The van der Waals surface area contributed by atoms with Gasteiger partial charge in [0.25, 0.3) is 0 Å². The molecule has 0 radical (unpaired) electrons. The Balaban J connectivity index is 1.39. The first-order valence-corrected chi connectivity index (χ1v) is 10.0. The molecule has 0 bridgehead atoms. The zero-order valence-electron chi connectivity index (χ0n) is 15.7. The summed E-state index contributed by atoms with van der Waals surface area (Å²) in [6.45, 7) is 4.32. The maximum Gasteiger partial charge on any atom is 0.237 e. The number of carbonyl (C=O) groups is 2. The molecule has 1 aromatic carbocycles. The van der Waals surface area contributed by atoms with Crippen molar-refractivity contribution in [1.29, 1.82) is 0 Å². The topological polar surface area (TPSA) is 70.2 Å². The second kappa shape index (κ2) is 9.17. The van der Waals surface area contributed by atoms with Crippen LogP contribution in [-0.2, 0) is 22.6 Å². The van der Waals surface area contributed by atoms with E-state index in [0.29, 0.717) is 5.92 Å². The fraction of sp³-hybridized carbons (Fsp3) is 0.619. The molecule has 1 aromatic rings. The van der Waals surface area contributed by atoms with Gasteiger partial charge in [0.15, 0.2) is 0 Å². The lowest BCUT2D eigenvalue weighted by atomic mass is 9.81. The number of amides is 2. The van der Waals surface area contributed by atoms with Crippen LogP contribution in [0.3, 0.4) is 0 Å². The van der Waals surface area contributed by atoms with Crippen LogP contribution in [0.2, 0.25) is 0 Å². The highest BCUT2D eigenvalue weighted by Crippen LogP contribution is 2.28. The Kier molecular flexibility index (Phi) is 6.67. The number of fused-ring (bicyclic) bond motifs is 1. The molecule has 1 heterocycles. The van der Waals surface area contributed by atoms with Crippen LogP contribution in [0.25, 0.3) is 0 Å². The lowest BCUT2D eigenvalue weighted by Crippen LogP contribution is -2.48. The number of nitrogens with one attached hydrogen (secondary N) is 3. The summed E-state index contributed by atoms with van der Waals surface area (Å²) < 4.78 is 0. The molecule has 3 N–H and O–H groups in total. The van der Waals surface area contributed by atoms with E-state index in [9.17, 15) is 9.59 Å². The van der Waals surface area contributed by atoms with Gasteiger partial charge >= 0.3 is 0 Å². The van der Waals surface area contributed by atoms with Crippen molar-refractivity contribution in [3.05, 3.63) is 35.4 Å². The van der Waals surface area contributed by atoms with Gasteiger partial charge in [-0.25, -0.2) is 0 Å². The molecule has 1 atom stereocenters. The number of benzene rings is 1. The van der Waals surface area contributed by atoms with Gasteiger partial charge in [-0.3, -0.25) is 9.59 Å². The summed E-state index contributed by atoms with van der Waals surface area (Å²) in [5, 5.41) is 9.47. The van der Waals surface area contributed by atoms with Crippen molar-refractivity contribution in [1.82, 2.24) is 16.0 Å². The molecule has 2 amide bonds. The molecule has 0 spiro atoms. The van der Waals surface area contributed by atoms with Crippen molar-refractivity contribution in [2.75, 3.05) is 13.1 Å². The van der Waals surface area contributed by atoms with Crippen molar-refractivity contribution in [2.24, 2.45) is 11.8 Å². The van der Waals surface area contributed by atoms with Gasteiger partial charge in [-0.1, -0.05) is 31.2 Å². The van der Waals surface area contributed by atoms with E-state index in [-0.39, 0.29) is 23.8 Å². The number of carbonyl (C=O) groups excluding carboxylic acids is 2. The minimum Gasteiger partial charge on any atom is -0.356 e. The Labute approximate surface area is 156 Å². The van der Waals surface area contributed by atoms with Crippen LogP contribution in [0.15, 0.2) is 24.3 Å². The Hall–Kier alpha value is -1.88. The molecule has 1 unspecified atom stereocenters. The monoisotopic (exact) mass is 357 g/mol. The van der Waals surface area contributed by atoms with Crippen molar-refractivity contribution >= 4 is 11.8 Å².